The van der Waals surface area contributed by atoms with Crippen molar-refractivity contribution in [2.24, 2.45) is 0 Å². The van der Waals surface area contributed by atoms with Crippen molar-refractivity contribution in [1.82, 2.24) is 15.4 Å². The largest absolute Gasteiger partial charge is 0.471 e. The molecule has 1 saturated heterocycles. The molecule has 0 bridgehead atoms. The molecule has 0 aromatic rings. The van der Waals surface area contributed by atoms with Crippen molar-refractivity contribution in [3.8, 4) is 0 Å². The number of rotatable bonds is 7. The number of hydrogen-bond acceptors (Lipinski definition) is 7. The summed E-state index contributed by atoms with van der Waals surface area (Å²) in [6.07, 6.45) is -6.79. The van der Waals surface area contributed by atoms with Crippen molar-refractivity contribution in [3.63, 3.8) is 0 Å². The van der Waals surface area contributed by atoms with Gasteiger partial charge < -0.3 is 10.2 Å². The molecule has 0 aromatic carbocycles. The van der Waals surface area contributed by atoms with Crippen LogP contribution in [0, 0.1) is 0 Å². The van der Waals surface area contributed by atoms with E-state index >= 15 is 0 Å². The van der Waals surface area contributed by atoms with E-state index in [-0.39, 0.29) is 17.9 Å². The monoisotopic (exact) mass is 383 g/mol. The summed E-state index contributed by atoms with van der Waals surface area (Å²) in [6, 6.07) is -1.92. The molecular formula is C13H16F3N3O7. The highest BCUT2D eigenvalue weighted by Gasteiger charge is 2.42. The van der Waals surface area contributed by atoms with Crippen molar-refractivity contribution in [2.75, 3.05) is 14.2 Å². The minimum absolute atomic E-state index is 0.123. The molecule has 0 spiro atoms. The van der Waals surface area contributed by atoms with Gasteiger partial charge in [-0.1, -0.05) is 0 Å². The average Bonchev–Trinajstić information content (AvgIpc) is 2.88. The lowest BCUT2D eigenvalue weighted by molar-refractivity contribution is -0.200. The highest BCUT2D eigenvalue weighted by atomic mass is 19.4. The van der Waals surface area contributed by atoms with Gasteiger partial charge in [-0.25, -0.2) is 9.86 Å². The van der Waals surface area contributed by atoms with E-state index in [9.17, 15) is 37.1 Å². The first-order valence-electron chi connectivity index (χ1n) is 7.23. The molecular weight excluding hydrogens is 367 g/mol. The van der Waals surface area contributed by atoms with Gasteiger partial charge in [0.2, 0.25) is 5.91 Å². The summed E-state index contributed by atoms with van der Waals surface area (Å²) in [5.41, 5.74) is 0. The van der Waals surface area contributed by atoms with E-state index in [0.717, 1.165) is 5.06 Å². The first-order chi connectivity index (χ1) is 12.0. The standard InChI is InChI=1S/C13H16F3N3O7/c1-18(25-2)8(20)4-3-7(17-12(24)13(14,15)16)11(23)26-19-9(21)5-6-10(19)22/h7H,3-6H2,1-2H3,(H,17,24)/t7-/m0/s1. The fourth-order valence-corrected chi connectivity index (χ4v) is 1.83. The number of nitrogens with one attached hydrogen (secondary N) is 1. The van der Waals surface area contributed by atoms with Crippen LogP contribution in [0.3, 0.4) is 0 Å². The normalized spacial score (nSPS) is 15.7. The van der Waals surface area contributed by atoms with Gasteiger partial charge in [0, 0.05) is 26.3 Å². The average molecular weight is 383 g/mol. The van der Waals surface area contributed by atoms with Crippen LogP contribution in [0.4, 0.5) is 13.2 Å². The van der Waals surface area contributed by atoms with Crippen molar-refractivity contribution >= 4 is 29.6 Å². The summed E-state index contributed by atoms with van der Waals surface area (Å²) in [5.74, 6) is -6.32. The van der Waals surface area contributed by atoms with Crippen LogP contribution < -0.4 is 5.32 Å². The van der Waals surface area contributed by atoms with Crippen LogP contribution in [-0.2, 0) is 33.6 Å². The molecule has 1 N–H and O–H groups in total. The Balaban J connectivity index is 2.83. The van der Waals surface area contributed by atoms with Crippen LogP contribution in [0.25, 0.3) is 0 Å². The Kier molecular flexibility index (Phi) is 7.06. The van der Waals surface area contributed by atoms with Crippen LogP contribution in [0.1, 0.15) is 25.7 Å². The van der Waals surface area contributed by atoms with Crippen LogP contribution in [0.2, 0.25) is 0 Å². The highest BCUT2D eigenvalue weighted by Crippen LogP contribution is 2.17. The molecule has 0 saturated carbocycles. The fraction of sp³-hybridized carbons (Fsp3) is 0.615. The highest BCUT2D eigenvalue weighted by molar-refractivity contribution is 6.02. The number of carbonyl (C=O) groups is 5. The Morgan fingerprint density at radius 1 is 1.23 bits per heavy atom. The van der Waals surface area contributed by atoms with Gasteiger partial charge in [0.05, 0.1) is 7.11 Å². The molecule has 1 fully saturated rings. The van der Waals surface area contributed by atoms with E-state index in [2.05, 4.69) is 9.68 Å². The van der Waals surface area contributed by atoms with Crippen LogP contribution >= 0.6 is 0 Å². The first kappa shape index (κ1) is 21.3. The number of nitrogens with zero attached hydrogens (tertiary/aromatic N) is 2. The molecule has 0 aromatic heterocycles. The van der Waals surface area contributed by atoms with Gasteiger partial charge >= 0.3 is 18.1 Å². The Hall–Kier alpha value is -2.70. The topological polar surface area (TPSA) is 122 Å². The molecule has 0 radical (unpaired) electrons. The maximum atomic E-state index is 12.4. The quantitative estimate of drug-likeness (QED) is 0.462. The molecule has 10 nitrogen and oxygen atoms in total. The molecule has 146 valence electrons. The summed E-state index contributed by atoms with van der Waals surface area (Å²) in [6.45, 7) is 0. The van der Waals surface area contributed by atoms with Gasteiger partial charge in [0.25, 0.3) is 11.8 Å². The van der Waals surface area contributed by atoms with Gasteiger partial charge in [-0.05, 0) is 6.42 Å². The second-order valence-electron chi connectivity index (χ2n) is 5.13. The third-order valence-electron chi connectivity index (χ3n) is 3.31. The summed E-state index contributed by atoms with van der Waals surface area (Å²) in [4.78, 5) is 66.6. The van der Waals surface area contributed by atoms with Gasteiger partial charge in [0.15, 0.2) is 0 Å². The predicted molar refractivity (Wildman–Crippen MR) is 74.2 cm³/mol. The summed E-state index contributed by atoms with van der Waals surface area (Å²) >= 11 is 0. The van der Waals surface area contributed by atoms with E-state index in [0.29, 0.717) is 0 Å². The predicted octanol–water partition coefficient (Wildman–Crippen LogP) is -0.559. The van der Waals surface area contributed by atoms with Crippen molar-refractivity contribution in [2.45, 2.75) is 37.9 Å². The fourth-order valence-electron chi connectivity index (χ4n) is 1.83. The number of imide groups is 1. The molecule has 26 heavy (non-hydrogen) atoms. The number of amides is 4. The summed E-state index contributed by atoms with van der Waals surface area (Å²) < 4.78 is 37.2. The van der Waals surface area contributed by atoms with Gasteiger partial charge in [0.1, 0.15) is 6.04 Å². The van der Waals surface area contributed by atoms with E-state index in [1.54, 1.807) is 0 Å². The zero-order valence-electron chi connectivity index (χ0n) is 13.8. The second-order valence-corrected chi connectivity index (χ2v) is 5.13. The summed E-state index contributed by atoms with van der Waals surface area (Å²) in [7, 11) is 2.39. The summed E-state index contributed by atoms with van der Waals surface area (Å²) in [5, 5.41) is 2.26. The lowest BCUT2D eigenvalue weighted by atomic mass is 10.1. The minimum Gasteiger partial charge on any atom is -0.335 e. The van der Waals surface area contributed by atoms with E-state index in [4.69, 9.17) is 0 Å². The SMILES string of the molecule is CON(C)C(=O)CC[C@H](NC(=O)C(F)(F)F)C(=O)ON1C(=O)CCC1=O. The Labute approximate surface area is 145 Å². The zero-order valence-corrected chi connectivity index (χ0v) is 13.8. The number of alkyl halides is 3. The molecule has 4 amide bonds. The Morgan fingerprint density at radius 3 is 2.23 bits per heavy atom. The number of hydrogen-bond donors (Lipinski definition) is 1. The van der Waals surface area contributed by atoms with Gasteiger partial charge in [-0.2, -0.15) is 13.2 Å². The Morgan fingerprint density at radius 2 is 1.77 bits per heavy atom. The Bertz CT molecular complexity index is 592. The van der Waals surface area contributed by atoms with Gasteiger partial charge in [-0.15, -0.1) is 5.06 Å². The molecule has 1 rings (SSSR count). The number of halogens is 3. The van der Waals surface area contributed by atoms with Crippen molar-refractivity contribution in [1.29, 1.82) is 0 Å². The molecule has 13 heteroatoms. The first-order valence-corrected chi connectivity index (χ1v) is 7.23. The lowest BCUT2D eigenvalue weighted by Crippen LogP contribution is -2.49. The zero-order chi connectivity index (χ0) is 20.1. The molecule has 0 unspecified atom stereocenters. The van der Waals surface area contributed by atoms with Crippen LogP contribution in [-0.4, -0.2) is 66.1 Å². The maximum Gasteiger partial charge on any atom is 0.471 e. The number of hydroxylamine groups is 4. The maximum absolute atomic E-state index is 12.4. The second kappa shape index (κ2) is 8.60. The lowest BCUT2D eigenvalue weighted by Gasteiger charge is -2.21. The molecule has 0 aliphatic carbocycles. The van der Waals surface area contributed by atoms with E-state index in [1.165, 1.54) is 19.5 Å². The molecule has 1 heterocycles. The van der Waals surface area contributed by atoms with E-state index < -0.39 is 54.7 Å². The molecule has 1 atom stereocenters. The number of carbonyl (C=O) groups excluding carboxylic acids is 5. The smallest absolute Gasteiger partial charge is 0.335 e. The molecule has 1 aliphatic rings. The third kappa shape index (κ3) is 5.68. The third-order valence-corrected chi connectivity index (χ3v) is 3.31. The van der Waals surface area contributed by atoms with E-state index in [1.807, 2.05) is 0 Å². The van der Waals surface area contributed by atoms with Crippen molar-refractivity contribution < 1.29 is 46.8 Å². The molecule has 1 aliphatic heterocycles. The van der Waals surface area contributed by atoms with Crippen LogP contribution in [0.5, 0.6) is 0 Å². The minimum atomic E-state index is -5.29. The van der Waals surface area contributed by atoms with Crippen LogP contribution in [0.15, 0.2) is 0 Å². The van der Waals surface area contributed by atoms with Crippen molar-refractivity contribution in [3.05, 3.63) is 0 Å². The van der Waals surface area contributed by atoms with Gasteiger partial charge in [-0.3, -0.25) is 24.0 Å².